The topological polar surface area (TPSA) is 36.4 Å². The van der Waals surface area contributed by atoms with E-state index in [0.717, 1.165) is 25.2 Å². The number of likely N-dealkylation sites (tertiary alicyclic amines) is 1. The lowest BCUT2D eigenvalue weighted by Gasteiger charge is -2.29. The first-order valence-electron chi connectivity index (χ1n) is 7.18. The Morgan fingerprint density at radius 3 is 2.58 bits per heavy atom. The molecule has 0 atom stereocenters. The van der Waals surface area contributed by atoms with Gasteiger partial charge in [0.2, 0.25) is 5.91 Å². The summed E-state index contributed by atoms with van der Waals surface area (Å²) in [6.07, 6.45) is 7.31. The van der Waals surface area contributed by atoms with Crippen LogP contribution in [0.25, 0.3) is 0 Å². The molecule has 0 spiro atoms. The number of rotatable bonds is 5. The van der Waals surface area contributed by atoms with Crippen LogP contribution >= 0.6 is 0 Å². The van der Waals surface area contributed by atoms with Crippen LogP contribution in [0.4, 0.5) is 0 Å². The van der Waals surface area contributed by atoms with Crippen molar-refractivity contribution >= 4 is 5.91 Å². The Bertz CT molecular complexity index is 388. The second kappa shape index (κ2) is 7.24. The summed E-state index contributed by atoms with van der Waals surface area (Å²) in [6.45, 7) is 6.19. The number of nitrogens with zero attached hydrogens (tertiary/aromatic N) is 3. The maximum absolute atomic E-state index is 12.3. The van der Waals surface area contributed by atoms with E-state index in [9.17, 15) is 4.79 Å². The highest BCUT2D eigenvalue weighted by atomic mass is 16.2. The number of carbonyl (C=O) groups excluding carboxylic acids is 1. The van der Waals surface area contributed by atoms with E-state index in [2.05, 4.69) is 9.88 Å². The fourth-order valence-corrected chi connectivity index (χ4v) is 2.49. The molecule has 1 aromatic heterocycles. The van der Waals surface area contributed by atoms with Gasteiger partial charge in [-0.25, -0.2) is 0 Å². The Morgan fingerprint density at radius 1 is 1.26 bits per heavy atom. The molecule has 0 unspecified atom stereocenters. The van der Waals surface area contributed by atoms with Crippen LogP contribution in [0.1, 0.15) is 31.7 Å². The van der Waals surface area contributed by atoms with E-state index < -0.39 is 0 Å². The van der Waals surface area contributed by atoms with Crippen molar-refractivity contribution in [3.8, 4) is 0 Å². The van der Waals surface area contributed by atoms with Gasteiger partial charge in [0.05, 0.1) is 6.54 Å². The van der Waals surface area contributed by atoms with Gasteiger partial charge in [0.1, 0.15) is 0 Å². The largest absolute Gasteiger partial charge is 0.338 e. The first kappa shape index (κ1) is 14.0. The number of amides is 1. The maximum atomic E-state index is 12.3. The standard InChI is InChI=1S/C15H23N3O/c1-2-18(12-14-6-8-16-9-7-14)15(19)13-17-10-4-3-5-11-17/h6-9H,2-5,10-13H2,1H3. The van der Waals surface area contributed by atoms with Crippen LogP contribution in [0.3, 0.4) is 0 Å². The van der Waals surface area contributed by atoms with Crippen molar-refractivity contribution in [1.29, 1.82) is 0 Å². The molecule has 1 amide bonds. The Kier molecular flexibility index (Phi) is 5.33. The zero-order chi connectivity index (χ0) is 13.5. The van der Waals surface area contributed by atoms with Crippen molar-refractivity contribution in [2.75, 3.05) is 26.2 Å². The number of pyridine rings is 1. The lowest BCUT2D eigenvalue weighted by molar-refractivity contribution is -0.133. The number of hydrogen-bond donors (Lipinski definition) is 0. The van der Waals surface area contributed by atoms with Crippen LogP contribution in [-0.2, 0) is 11.3 Å². The Hall–Kier alpha value is -1.42. The maximum Gasteiger partial charge on any atom is 0.237 e. The third-order valence-electron chi connectivity index (χ3n) is 3.66. The summed E-state index contributed by atoms with van der Waals surface area (Å²) in [5.41, 5.74) is 1.14. The van der Waals surface area contributed by atoms with Crippen molar-refractivity contribution < 1.29 is 4.79 Å². The summed E-state index contributed by atoms with van der Waals surface area (Å²) >= 11 is 0. The minimum Gasteiger partial charge on any atom is -0.338 e. The van der Waals surface area contributed by atoms with Gasteiger partial charge in [0.25, 0.3) is 0 Å². The molecule has 4 heteroatoms. The molecule has 2 rings (SSSR count). The second-order valence-electron chi connectivity index (χ2n) is 5.10. The molecule has 4 nitrogen and oxygen atoms in total. The number of aromatic nitrogens is 1. The van der Waals surface area contributed by atoms with Gasteiger partial charge in [-0.2, -0.15) is 0 Å². The summed E-state index contributed by atoms with van der Waals surface area (Å²) in [7, 11) is 0. The van der Waals surface area contributed by atoms with Crippen molar-refractivity contribution in [2.45, 2.75) is 32.7 Å². The third-order valence-corrected chi connectivity index (χ3v) is 3.66. The highest BCUT2D eigenvalue weighted by Crippen LogP contribution is 2.10. The Morgan fingerprint density at radius 2 is 1.95 bits per heavy atom. The normalized spacial score (nSPS) is 16.3. The average Bonchev–Trinajstić information content (AvgIpc) is 2.47. The van der Waals surface area contributed by atoms with E-state index >= 15 is 0 Å². The number of hydrogen-bond acceptors (Lipinski definition) is 3. The molecule has 1 aliphatic rings. The molecule has 0 N–H and O–H groups in total. The molecule has 1 saturated heterocycles. The van der Waals surface area contributed by atoms with Gasteiger partial charge >= 0.3 is 0 Å². The van der Waals surface area contributed by atoms with Crippen LogP contribution in [0, 0.1) is 0 Å². The molecule has 1 aliphatic heterocycles. The minimum atomic E-state index is 0.237. The monoisotopic (exact) mass is 261 g/mol. The van der Waals surface area contributed by atoms with Gasteiger partial charge in [-0.15, -0.1) is 0 Å². The predicted octanol–water partition coefficient (Wildman–Crippen LogP) is 1.92. The van der Waals surface area contributed by atoms with Gasteiger partial charge in [-0.05, 0) is 50.6 Å². The summed E-state index contributed by atoms with van der Waals surface area (Å²) in [5, 5.41) is 0. The van der Waals surface area contributed by atoms with Crippen LogP contribution < -0.4 is 0 Å². The molecule has 1 fully saturated rings. The third kappa shape index (κ3) is 4.31. The zero-order valence-corrected chi connectivity index (χ0v) is 11.7. The highest BCUT2D eigenvalue weighted by molar-refractivity contribution is 5.78. The van der Waals surface area contributed by atoms with Crippen molar-refractivity contribution in [2.24, 2.45) is 0 Å². The van der Waals surface area contributed by atoms with E-state index in [4.69, 9.17) is 0 Å². The van der Waals surface area contributed by atoms with Crippen LogP contribution in [0.5, 0.6) is 0 Å². The number of piperidine rings is 1. The lowest BCUT2D eigenvalue weighted by atomic mass is 10.1. The lowest BCUT2D eigenvalue weighted by Crippen LogP contribution is -2.41. The first-order valence-corrected chi connectivity index (χ1v) is 7.18. The van der Waals surface area contributed by atoms with Crippen LogP contribution in [-0.4, -0.2) is 46.9 Å². The fourth-order valence-electron chi connectivity index (χ4n) is 2.49. The molecule has 0 radical (unpaired) electrons. The van der Waals surface area contributed by atoms with Crippen molar-refractivity contribution in [1.82, 2.24) is 14.8 Å². The van der Waals surface area contributed by atoms with Crippen molar-refractivity contribution in [3.05, 3.63) is 30.1 Å². The SMILES string of the molecule is CCN(Cc1ccncc1)C(=O)CN1CCCCC1. The average molecular weight is 261 g/mol. The van der Waals surface area contributed by atoms with E-state index in [-0.39, 0.29) is 5.91 Å². The molecular formula is C15H23N3O. The van der Waals surface area contributed by atoms with Crippen LogP contribution in [0.2, 0.25) is 0 Å². The van der Waals surface area contributed by atoms with E-state index in [1.54, 1.807) is 12.4 Å². The summed E-state index contributed by atoms with van der Waals surface area (Å²) in [5.74, 6) is 0.237. The predicted molar refractivity (Wildman–Crippen MR) is 75.6 cm³/mol. The van der Waals surface area contributed by atoms with E-state index in [1.165, 1.54) is 19.3 Å². The van der Waals surface area contributed by atoms with E-state index in [1.807, 2.05) is 24.0 Å². The van der Waals surface area contributed by atoms with Gasteiger partial charge in [-0.1, -0.05) is 6.42 Å². The van der Waals surface area contributed by atoms with E-state index in [0.29, 0.717) is 13.1 Å². The van der Waals surface area contributed by atoms with Crippen molar-refractivity contribution in [3.63, 3.8) is 0 Å². The second-order valence-corrected chi connectivity index (χ2v) is 5.10. The molecule has 0 aromatic carbocycles. The molecular weight excluding hydrogens is 238 g/mol. The number of carbonyl (C=O) groups is 1. The highest BCUT2D eigenvalue weighted by Gasteiger charge is 2.18. The zero-order valence-electron chi connectivity index (χ0n) is 11.7. The van der Waals surface area contributed by atoms with Crippen LogP contribution in [0.15, 0.2) is 24.5 Å². The fraction of sp³-hybridized carbons (Fsp3) is 0.600. The molecule has 104 valence electrons. The first-order chi connectivity index (χ1) is 9.29. The Labute approximate surface area is 115 Å². The minimum absolute atomic E-state index is 0.237. The molecule has 19 heavy (non-hydrogen) atoms. The smallest absolute Gasteiger partial charge is 0.237 e. The van der Waals surface area contributed by atoms with Gasteiger partial charge in [0, 0.05) is 25.5 Å². The molecule has 0 saturated carbocycles. The summed E-state index contributed by atoms with van der Waals surface area (Å²) in [6, 6.07) is 3.94. The quantitative estimate of drug-likeness (QED) is 0.812. The molecule has 1 aromatic rings. The Balaban J connectivity index is 1.87. The summed E-state index contributed by atoms with van der Waals surface area (Å²) in [4.78, 5) is 20.5. The number of likely N-dealkylation sites (N-methyl/N-ethyl adjacent to an activating group) is 1. The van der Waals surface area contributed by atoms with Gasteiger partial charge in [-0.3, -0.25) is 14.7 Å². The molecule has 2 heterocycles. The molecule has 0 bridgehead atoms. The molecule has 0 aliphatic carbocycles. The van der Waals surface area contributed by atoms with Gasteiger partial charge < -0.3 is 4.90 Å². The van der Waals surface area contributed by atoms with Gasteiger partial charge in [0.15, 0.2) is 0 Å². The summed E-state index contributed by atoms with van der Waals surface area (Å²) < 4.78 is 0.